The largest absolute Gasteiger partial charge is 0.372 e. The number of hydrogen-bond donors (Lipinski definition) is 2. The number of nitrogens with one attached hydrogen (secondary N) is 1. The first-order valence-electron chi connectivity index (χ1n) is 13.2. The third-order valence-electron chi connectivity index (χ3n) is 7.17. The van der Waals surface area contributed by atoms with Crippen LogP contribution in [0.4, 0.5) is 15.9 Å². The van der Waals surface area contributed by atoms with Crippen LogP contribution in [-0.4, -0.2) is 68.0 Å². The van der Waals surface area contributed by atoms with Gasteiger partial charge in [0.1, 0.15) is 17.7 Å². The van der Waals surface area contributed by atoms with Crippen LogP contribution in [0.25, 0.3) is 16.9 Å². The smallest absolute Gasteiger partial charge is 0.211 e. The van der Waals surface area contributed by atoms with Crippen molar-refractivity contribution in [3.05, 3.63) is 59.9 Å². The van der Waals surface area contributed by atoms with E-state index < -0.39 is 15.8 Å². The molecule has 2 aromatic carbocycles. The van der Waals surface area contributed by atoms with Gasteiger partial charge < -0.3 is 16.0 Å². The molecule has 11 heteroatoms. The number of benzene rings is 2. The molecule has 2 heterocycles. The molecule has 2 fully saturated rings. The third kappa shape index (κ3) is 7.15. The van der Waals surface area contributed by atoms with E-state index in [2.05, 4.69) is 15.3 Å². The Kier molecular flexibility index (Phi) is 9.22. The highest BCUT2D eigenvalue weighted by Crippen LogP contribution is 2.28. The van der Waals surface area contributed by atoms with Crippen LogP contribution in [0.1, 0.15) is 37.7 Å². The molecule has 0 atom stereocenters. The van der Waals surface area contributed by atoms with Crippen LogP contribution in [0.2, 0.25) is 0 Å². The molecule has 5 rings (SSSR count). The molecular formula is C28H36FN7O2S. The Labute approximate surface area is 230 Å². The van der Waals surface area contributed by atoms with Gasteiger partial charge in [0.2, 0.25) is 10.0 Å². The van der Waals surface area contributed by atoms with E-state index in [-0.39, 0.29) is 5.56 Å². The van der Waals surface area contributed by atoms with E-state index in [9.17, 15) is 12.8 Å². The van der Waals surface area contributed by atoms with Crippen molar-refractivity contribution in [1.29, 1.82) is 5.26 Å². The molecule has 9 nitrogen and oxygen atoms in total. The minimum Gasteiger partial charge on any atom is -0.372 e. The molecule has 0 amide bonds. The van der Waals surface area contributed by atoms with E-state index in [0.717, 1.165) is 11.4 Å². The Hall–Kier alpha value is -3.46. The molecule has 1 aromatic heterocycles. The number of nitrogens with two attached hydrogens (primary N) is 1. The average molecular weight is 554 g/mol. The van der Waals surface area contributed by atoms with Crippen LogP contribution in [0.5, 0.6) is 0 Å². The van der Waals surface area contributed by atoms with Crippen molar-refractivity contribution in [2.24, 2.45) is 5.73 Å². The summed E-state index contributed by atoms with van der Waals surface area (Å²) in [5.74, 6) is 0.0538. The fourth-order valence-electron chi connectivity index (χ4n) is 4.89. The second-order valence-corrected chi connectivity index (χ2v) is 11.9. The molecule has 0 unspecified atom stereocenters. The Balaban J connectivity index is 0.000000438. The summed E-state index contributed by atoms with van der Waals surface area (Å²) in [6, 6.07) is 16.5. The molecular weight excluding hydrogens is 517 g/mol. The zero-order valence-corrected chi connectivity index (χ0v) is 23.3. The van der Waals surface area contributed by atoms with Gasteiger partial charge in [0.05, 0.1) is 23.2 Å². The summed E-state index contributed by atoms with van der Waals surface area (Å²) in [7, 11) is -1.41. The lowest BCUT2D eigenvalue weighted by molar-refractivity contribution is 0.388. The highest BCUT2D eigenvalue weighted by molar-refractivity contribution is 7.88. The van der Waals surface area contributed by atoms with Gasteiger partial charge in [-0.2, -0.15) is 9.57 Å². The molecule has 208 valence electrons. The first-order chi connectivity index (χ1) is 18.7. The van der Waals surface area contributed by atoms with E-state index in [4.69, 9.17) is 11.0 Å². The lowest BCUT2D eigenvalue weighted by Crippen LogP contribution is -2.48. The second-order valence-electron chi connectivity index (χ2n) is 9.95. The van der Waals surface area contributed by atoms with E-state index in [1.165, 1.54) is 54.8 Å². The van der Waals surface area contributed by atoms with Crippen LogP contribution in [-0.2, 0) is 10.0 Å². The minimum atomic E-state index is -3.17. The Morgan fingerprint density at radius 2 is 1.64 bits per heavy atom. The zero-order chi connectivity index (χ0) is 28.0. The van der Waals surface area contributed by atoms with Gasteiger partial charge in [0.15, 0.2) is 0 Å². The summed E-state index contributed by atoms with van der Waals surface area (Å²) in [4.78, 5) is 2.14. The predicted octanol–water partition coefficient (Wildman–Crippen LogP) is 3.95. The summed E-state index contributed by atoms with van der Waals surface area (Å²) in [5, 5.41) is 16.6. The summed E-state index contributed by atoms with van der Waals surface area (Å²) < 4.78 is 40.8. The summed E-state index contributed by atoms with van der Waals surface area (Å²) in [5.41, 5.74) is 8.71. The first-order valence-corrected chi connectivity index (χ1v) is 15.1. The van der Waals surface area contributed by atoms with Crippen LogP contribution < -0.4 is 16.0 Å². The quantitative estimate of drug-likeness (QED) is 0.491. The first kappa shape index (κ1) is 28.5. The van der Waals surface area contributed by atoms with Crippen molar-refractivity contribution < 1.29 is 12.8 Å². The van der Waals surface area contributed by atoms with Gasteiger partial charge >= 0.3 is 0 Å². The molecule has 3 N–H and O–H groups in total. The van der Waals surface area contributed by atoms with Crippen molar-refractivity contribution in [2.75, 3.05) is 49.7 Å². The predicted molar refractivity (Wildman–Crippen MR) is 153 cm³/mol. The number of sulfonamides is 1. The van der Waals surface area contributed by atoms with E-state index in [1.54, 1.807) is 17.8 Å². The Bertz CT molecular complexity index is 1400. The molecule has 1 aliphatic heterocycles. The topological polar surface area (TPSA) is 120 Å². The lowest BCUT2D eigenvalue weighted by atomic mass is 9.97. The number of anilines is 2. The van der Waals surface area contributed by atoms with Gasteiger partial charge in [-0.1, -0.05) is 25.3 Å². The Morgan fingerprint density at radius 3 is 2.15 bits per heavy atom. The molecule has 3 aromatic rings. The molecule has 1 aliphatic carbocycles. The monoisotopic (exact) mass is 553 g/mol. The minimum absolute atomic E-state index is 0.00558. The number of hydrogen-bond acceptors (Lipinski definition) is 7. The average Bonchev–Trinajstić information content (AvgIpc) is 3.38. The van der Waals surface area contributed by atoms with Crippen LogP contribution in [0, 0.1) is 17.1 Å². The molecule has 0 bridgehead atoms. The van der Waals surface area contributed by atoms with E-state index in [1.807, 2.05) is 36.4 Å². The second kappa shape index (κ2) is 12.6. The number of aromatic nitrogens is 2. The van der Waals surface area contributed by atoms with Crippen molar-refractivity contribution >= 4 is 21.5 Å². The van der Waals surface area contributed by atoms with Crippen LogP contribution in [0.3, 0.4) is 0 Å². The maximum atomic E-state index is 14.2. The summed E-state index contributed by atoms with van der Waals surface area (Å²) in [6.07, 6.45) is 7.90. The fraction of sp³-hybridized carbons (Fsp3) is 0.429. The normalized spacial score (nSPS) is 16.7. The Morgan fingerprint density at radius 1 is 1.00 bits per heavy atom. The standard InChI is InChI=1S/C22H23FN6O2S.C6H13N/c1-25-22-14-21(16-3-4-17(15-24)20(23)13-16)29(26-22)19-7-5-18(6-8-19)27-9-11-28(12-10-27)32(2,30)31;7-6-4-2-1-3-5-6/h3-8,13-14H,9-12H2,1-2H3,(H,25,26);6H,1-5,7H2. The van der Waals surface area contributed by atoms with Crippen molar-refractivity contribution in [1.82, 2.24) is 14.1 Å². The highest BCUT2D eigenvalue weighted by atomic mass is 32.2. The van der Waals surface area contributed by atoms with Gasteiger partial charge in [0.25, 0.3) is 0 Å². The van der Waals surface area contributed by atoms with Gasteiger partial charge in [-0.15, -0.1) is 5.10 Å². The number of nitrogens with zero attached hydrogens (tertiary/aromatic N) is 5. The third-order valence-corrected chi connectivity index (χ3v) is 8.47. The summed E-state index contributed by atoms with van der Waals surface area (Å²) in [6.45, 7) is 2.15. The van der Waals surface area contributed by atoms with Crippen LogP contribution in [0.15, 0.2) is 48.5 Å². The molecule has 1 saturated carbocycles. The van der Waals surface area contributed by atoms with Gasteiger partial charge in [-0.05, 0) is 49.2 Å². The van der Waals surface area contributed by atoms with Gasteiger partial charge in [0, 0.05) is 56.6 Å². The van der Waals surface area contributed by atoms with Gasteiger partial charge in [-0.25, -0.2) is 17.5 Å². The molecule has 1 saturated heterocycles. The lowest BCUT2D eigenvalue weighted by Gasteiger charge is -2.34. The van der Waals surface area contributed by atoms with Crippen molar-refractivity contribution in [3.8, 4) is 23.0 Å². The highest BCUT2D eigenvalue weighted by Gasteiger charge is 2.23. The zero-order valence-electron chi connectivity index (χ0n) is 22.5. The number of nitriles is 1. The molecule has 0 radical (unpaired) electrons. The number of piperazine rings is 1. The maximum Gasteiger partial charge on any atom is 0.211 e. The molecule has 39 heavy (non-hydrogen) atoms. The van der Waals surface area contributed by atoms with E-state index in [0.29, 0.717) is 49.3 Å². The number of halogens is 1. The summed E-state index contributed by atoms with van der Waals surface area (Å²) >= 11 is 0. The van der Waals surface area contributed by atoms with Crippen molar-refractivity contribution in [2.45, 2.75) is 38.1 Å². The number of rotatable bonds is 5. The molecule has 0 spiro atoms. The maximum absolute atomic E-state index is 14.2. The van der Waals surface area contributed by atoms with E-state index >= 15 is 0 Å². The SMILES string of the molecule is CNc1cc(-c2ccc(C#N)c(F)c2)n(-c2ccc(N3CCN(S(C)(=O)=O)CC3)cc2)n1.NC1CCCCC1. The van der Waals surface area contributed by atoms with Crippen molar-refractivity contribution in [3.63, 3.8) is 0 Å². The molecule has 2 aliphatic rings. The van der Waals surface area contributed by atoms with Crippen LogP contribution >= 0.6 is 0 Å². The fourth-order valence-corrected chi connectivity index (χ4v) is 5.71. The van der Waals surface area contributed by atoms with Gasteiger partial charge in [-0.3, -0.25) is 0 Å².